The molecular formula is C20H26N2O. The normalized spacial score (nSPS) is 11.1. The van der Waals surface area contributed by atoms with E-state index in [1.807, 2.05) is 51.1 Å². The van der Waals surface area contributed by atoms with Crippen LogP contribution in [0, 0.1) is 5.41 Å². The highest BCUT2D eigenvalue weighted by molar-refractivity contribution is 5.94. The van der Waals surface area contributed by atoms with E-state index in [1.54, 1.807) is 0 Å². The third-order valence-electron chi connectivity index (χ3n) is 3.64. The molecule has 0 unspecified atom stereocenters. The molecule has 0 spiro atoms. The summed E-state index contributed by atoms with van der Waals surface area (Å²) in [5.74, 6) is 0.0288. The number of anilines is 2. The molecule has 23 heavy (non-hydrogen) atoms. The molecule has 0 aliphatic rings. The number of carbonyl (C=O) groups excluding carboxylic acids is 1. The van der Waals surface area contributed by atoms with E-state index < -0.39 is 0 Å². The summed E-state index contributed by atoms with van der Waals surface area (Å²) in [4.78, 5) is 11.9. The van der Waals surface area contributed by atoms with Crippen molar-refractivity contribution >= 4 is 17.3 Å². The van der Waals surface area contributed by atoms with Crippen molar-refractivity contribution in [3.8, 4) is 0 Å². The van der Waals surface area contributed by atoms with Gasteiger partial charge in [0.15, 0.2) is 0 Å². The molecule has 0 aromatic heterocycles. The van der Waals surface area contributed by atoms with Crippen LogP contribution in [0.2, 0.25) is 0 Å². The fourth-order valence-electron chi connectivity index (χ4n) is 2.16. The topological polar surface area (TPSA) is 41.1 Å². The van der Waals surface area contributed by atoms with Crippen LogP contribution in [0.25, 0.3) is 0 Å². The van der Waals surface area contributed by atoms with Crippen LogP contribution in [0.1, 0.15) is 32.8 Å². The smallest absolute Gasteiger partial charge is 0.229 e. The second kappa shape index (κ2) is 7.82. The van der Waals surface area contributed by atoms with Gasteiger partial charge in [-0.05, 0) is 42.7 Å². The third kappa shape index (κ3) is 5.78. The lowest BCUT2D eigenvalue weighted by atomic mass is 9.95. The molecule has 0 heterocycles. The number of rotatable bonds is 6. The fourth-order valence-corrected chi connectivity index (χ4v) is 2.16. The molecule has 2 aromatic carbocycles. The number of aryl methyl sites for hydroxylation is 1. The molecule has 0 fully saturated rings. The Morgan fingerprint density at radius 3 is 2.13 bits per heavy atom. The Labute approximate surface area is 139 Å². The van der Waals surface area contributed by atoms with E-state index in [0.717, 1.165) is 30.8 Å². The Hall–Kier alpha value is -2.29. The van der Waals surface area contributed by atoms with Gasteiger partial charge in [-0.1, -0.05) is 51.1 Å². The first-order chi connectivity index (χ1) is 10.9. The van der Waals surface area contributed by atoms with E-state index in [-0.39, 0.29) is 11.3 Å². The number of nitrogens with one attached hydrogen (secondary N) is 2. The summed E-state index contributed by atoms with van der Waals surface area (Å²) in [6, 6.07) is 18.4. The zero-order valence-electron chi connectivity index (χ0n) is 14.2. The minimum Gasteiger partial charge on any atom is -0.385 e. The molecule has 122 valence electrons. The summed E-state index contributed by atoms with van der Waals surface area (Å²) in [6.07, 6.45) is 2.17. The highest BCUT2D eigenvalue weighted by atomic mass is 16.2. The van der Waals surface area contributed by atoms with Crippen LogP contribution in [0.5, 0.6) is 0 Å². The highest BCUT2D eigenvalue weighted by Crippen LogP contribution is 2.19. The van der Waals surface area contributed by atoms with Crippen LogP contribution in [0.3, 0.4) is 0 Å². The van der Waals surface area contributed by atoms with Crippen molar-refractivity contribution < 1.29 is 4.79 Å². The van der Waals surface area contributed by atoms with Gasteiger partial charge in [0.05, 0.1) is 0 Å². The highest BCUT2D eigenvalue weighted by Gasteiger charge is 2.20. The minimum absolute atomic E-state index is 0.0288. The van der Waals surface area contributed by atoms with E-state index in [2.05, 4.69) is 34.9 Å². The van der Waals surface area contributed by atoms with Gasteiger partial charge in [-0.25, -0.2) is 0 Å². The van der Waals surface area contributed by atoms with Crippen molar-refractivity contribution in [3.63, 3.8) is 0 Å². The number of hydrogen-bond donors (Lipinski definition) is 2. The summed E-state index contributed by atoms with van der Waals surface area (Å²) in [5, 5.41) is 6.34. The Kier molecular flexibility index (Phi) is 5.80. The SMILES string of the molecule is CC(C)(C)C(=O)Nc1ccc(NCCCc2ccccc2)cc1. The second-order valence-corrected chi connectivity index (χ2v) is 6.80. The maximum Gasteiger partial charge on any atom is 0.229 e. The van der Waals surface area contributed by atoms with Crippen LogP contribution < -0.4 is 10.6 Å². The Morgan fingerprint density at radius 2 is 1.52 bits per heavy atom. The van der Waals surface area contributed by atoms with Crippen molar-refractivity contribution in [2.24, 2.45) is 5.41 Å². The van der Waals surface area contributed by atoms with Gasteiger partial charge in [0, 0.05) is 23.3 Å². The number of benzene rings is 2. The van der Waals surface area contributed by atoms with Crippen molar-refractivity contribution in [1.29, 1.82) is 0 Å². The number of hydrogen-bond acceptors (Lipinski definition) is 2. The molecule has 0 saturated heterocycles. The maximum absolute atomic E-state index is 11.9. The second-order valence-electron chi connectivity index (χ2n) is 6.80. The molecule has 2 rings (SSSR count). The summed E-state index contributed by atoms with van der Waals surface area (Å²) in [5.41, 5.74) is 2.90. The van der Waals surface area contributed by atoms with Crippen LogP contribution in [-0.2, 0) is 11.2 Å². The predicted octanol–water partition coefficient (Wildman–Crippen LogP) is 4.72. The monoisotopic (exact) mass is 310 g/mol. The molecule has 0 saturated carbocycles. The zero-order chi connectivity index (χ0) is 16.7. The molecular weight excluding hydrogens is 284 g/mol. The molecule has 2 N–H and O–H groups in total. The first kappa shape index (κ1) is 17.1. The van der Waals surface area contributed by atoms with Gasteiger partial charge in [0.2, 0.25) is 5.91 Å². The van der Waals surface area contributed by atoms with E-state index in [9.17, 15) is 4.79 Å². The fraction of sp³-hybridized carbons (Fsp3) is 0.350. The van der Waals surface area contributed by atoms with Crippen LogP contribution in [0.4, 0.5) is 11.4 Å². The standard InChI is InChI=1S/C20H26N2O/c1-20(2,3)19(23)22-18-13-11-17(12-14-18)21-15-7-10-16-8-5-4-6-9-16/h4-6,8-9,11-14,21H,7,10,15H2,1-3H3,(H,22,23). The molecule has 0 bridgehead atoms. The average molecular weight is 310 g/mol. The molecule has 0 aliphatic heterocycles. The van der Waals surface area contributed by atoms with E-state index in [1.165, 1.54) is 5.56 Å². The minimum atomic E-state index is -0.381. The van der Waals surface area contributed by atoms with Crippen molar-refractivity contribution in [2.45, 2.75) is 33.6 Å². The summed E-state index contributed by atoms with van der Waals surface area (Å²) >= 11 is 0. The van der Waals surface area contributed by atoms with Gasteiger partial charge in [-0.15, -0.1) is 0 Å². The van der Waals surface area contributed by atoms with Crippen molar-refractivity contribution in [3.05, 3.63) is 60.2 Å². The third-order valence-corrected chi connectivity index (χ3v) is 3.64. The maximum atomic E-state index is 11.9. The lowest BCUT2D eigenvalue weighted by Crippen LogP contribution is -2.27. The first-order valence-corrected chi connectivity index (χ1v) is 8.14. The van der Waals surface area contributed by atoms with Crippen molar-refractivity contribution in [2.75, 3.05) is 17.2 Å². The van der Waals surface area contributed by atoms with E-state index >= 15 is 0 Å². The molecule has 1 amide bonds. The zero-order valence-corrected chi connectivity index (χ0v) is 14.2. The predicted molar refractivity (Wildman–Crippen MR) is 97.8 cm³/mol. The summed E-state index contributed by atoms with van der Waals surface area (Å²) in [6.45, 7) is 6.66. The van der Waals surface area contributed by atoms with Crippen molar-refractivity contribution in [1.82, 2.24) is 0 Å². The van der Waals surface area contributed by atoms with Crippen LogP contribution in [0.15, 0.2) is 54.6 Å². The number of carbonyl (C=O) groups is 1. The average Bonchev–Trinajstić information content (AvgIpc) is 2.53. The Balaban J connectivity index is 1.76. The molecule has 0 atom stereocenters. The van der Waals surface area contributed by atoms with E-state index in [0.29, 0.717) is 0 Å². The largest absolute Gasteiger partial charge is 0.385 e. The van der Waals surface area contributed by atoms with Gasteiger partial charge < -0.3 is 10.6 Å². The Morgan fingerprint density at radius 1 is 0.913 bits per heavy atom. The summed E-state index contributed by atoms with van der Waals surface area (Å²) in [7, 11) is 0. The van der Waals surface area contributed by atoms with Crippen LogP contribution in [-0.4, -0.2) is 12.5 Å². The van der Waals surface area contributed by atoms with Gasteiger partial charge >= 0.3 is 0 Å². The lowest BCUT2D eigenvalue weighted by Gasteiger charge is -2.17. The number of amides is 1. The van der Waals surface area contributed by atoms with Gasteiger partial charge in [0.1, 0.15) is 0 Å². The quantitative estimate of drug-likeness (QED) is 0.758. The van der Waals surface area contributed by atoms with Gasteiger partial charge in [-0.3, -0.25) is 4.79 Å². The molecule has 0 aliphatic carbocycles. The molecule has 2 aromatic rings. The molecule has 3 nitrogen and oxygen atoms in total. The van der Waals surface area contributed by atoms with Crippen LogP contribution >= 0.6 is 0 Å². The Bertz CT molecular complexity index is 612. The first-order valence-electron chi connectivity index (χ1n) is 8.14. The van der Waals surface area contributed by atoms with Gasteiger partial charge in [-0.2, -0.15) is 0 Å². The molecule has 3 heteroatoms. The summed E-state index contributed by atoms with van der Waals surface area (Å²) < 4.78 is 0. The van der Waals surface area contributed by atoms with Gasteiger partial charge in [0.25, 0.3) is 0 Å². The molecule has 0 radical (unpaired) electrons. The lowest BCUT2D eigenvalue weighted by molar-refractivity contribution is -0.123. The van der Waals surface area contributed by atoms with E-state index in [4.69, 9.17) is 0 Å².